The summed E-state index contributed by atoms with van der Waals surface area (Å²) in [6.45, 7) is 5.55. The standard InChI is InChI=1S/C18H19N5/c1-12-10-18(19)23(22-12)15-7-4-13(5-8-15)14-6-9-16(20-2)17(11-14)21-3/h4-11,20H,3,19H2,1-2H3. The highest BCUT2D eigenvalue weighted by molar-refractivity contribution is 5.76. The Hall–Kier alpha value is -3.08. The van der Waals surface area contributed by atoms with E-state index >= 15 is 0 Å². The van der Waals surface area contributed by atoms with Crippen molar-refractivity contribution >= 4 is 23.9 Å². The minimum Gasteiger partial charge on any atom is -0.386 e. The largest absolute Gasteiger partial charge is 0.386 e. The molecule has 1 heterocycles. The molecule has 0 radical (unpaired) electrons. The van der Waals surface area contributed by atoms with Gasteiger partial charge in [0, 0.05) is 13.1 Å². The molecular weight excluding hydrogens is 286 g/mol. The summed E-state index contributed by atoms with van der Waals surface area (Å²) in [6.07, 6.45) is 0. The van der Waals surface area contributed by atoms with Gasteiger partial charge in [0.1, 0.15) is 5.82 Å². The van der Waals surface area contributed by atoms with E-state index in [-0.39, 0.29) is 0 Å². The second kappa shape index (κ2) is 5.96. The predicted molar refractivity (Wildman–Crippen MR) is 96.9 cm³/mol. The van der Waals surface area contributed by atoms with E-state index in [9.17, 15) is 0 Å². The van der Waals surface area contributed by atoms with Crippen molar-refractivity contribution in [2.24, 2.45) is 4.99 Å². The lowest BCUT2D eigenvalue weighted by Gasteiger charge is -2.09. The fourth-order valence-electron chi connectivity index (χ4n) is 2.57. The SMILES string of the molecule is C=Nc1cc(-c2ccc(-n3nc(C)cc3N)cc2)ccc1NC. The molecule has 0 spiro atoms. The minimum absolute atomic E-state index is 0.631. The first-order valence-electron chi connectivity index (χ1n) is 7.34. The van der Waals surface area contributed by atoms with Crippen molar-refractivity contribution in [2.45, 2.75) is 6.92 Å². The van der Waals surface area contributed by atoms with Gasteiger partial charge in [0.15, 0.2) is 0 Å². The second-order valence-electron chi connectivity index (χ2n) is 5.31. The van der Waals surface area contributed by atoms with Gasteiger partial charge in [-0.05, 0) is 49.0 Å². The number of hydrogen-bond acceptors (Lipinski definition) is 4. The van der Waals surface area contributed by atoms with E-state index < -0.39 is 0 Å². The van der Waals surface area contributed by atoms with Crippen LogP contribution in [0.3, 0.4) is 0 Å². The van der Waals surface area contributed by atoms with Gasteiger partial charge < -0.3 is 11.1 Å². The number of anilines is 2. The molecular formula is C18H19N5. The maximum atomic E-state index is 5.97. The molecule has 0 aliphatic heterocycles. The smallest absolute Gasteiger partial charge is 0.127 e. The van der Waals surface area contributed by atoms with Crippen LogP contribution in [0.2, 0.25) is 0 Å². The van der Waals surface area contributed by atoms with Crippen LogP contribution < -0.4 is 11.1 Å². The fraction of sp³-hybridized carbons (Fsp3) is 0.111. The Kier molecular flexibility index (Phi) is 3.85. The summed E-state index contributed by atoms with van der Waals surface area (Å²) in [5, 5.41) is 7.50. The predicted octanol–water partition coefficient (Wildman–Crippen LogP) is 3.80. The van der Waals surface area contributed by atoms with E-state index in [4.69, 9.17) is 5.73 Å². The van der Waals surface area contributed by atoms with Crippen LogP contribution in [0.5, 0.6) is 0 Å². The molecule has 0 fully saturated rings. The number of benzene rings is 2. The molecule has 5 nitrogen and oxygen atoms in total. The lowest BCUT2D eigenvalue weighted by molar-refractivity contribution is 0.872. The maximum absolute atomic E-state index is 5.97. The highest BCUT2D eigenvalue weighted by atomic mass is 15.3. The van der Waals surface area contributed by atoms with Crippen molar-refractivity contribution in [3.05, 3.63) is 54.2 Å². The second-order valence-corrected chi connectivity index (χ2v) is 5.31. The molecule has 0 bridgehead atoms. The summed E-state index contributed by atoms with van der Waals surface area (Å²) >= 11 is 0. The van der Waals surface area contributed by atoms with Crippen LogP contribution in [-0.4, -0.2) is 23.5 Å². The van der Waals surface area contributed by atoms with E-state index in [1.165, 1.54) is 0 Å². The van der Waals surface area contributed by atoms with Gasteiger partial charge in [-0.25, -0.2) is 4.68 Å². The van der Waals surface area contributed by atoms with Crippen molar-refractivity contribution in [3.8, 4) is 16.8 Å². The van der Waals surface area contributed by atoms with Crippen LogP contribution >= 0.6 is 0 Å². The van der Waals surface area contributed by atoms with E-state index in [1.54, 1.807) is 4.68 Å². The van der Waals surface area contributed by atoms with Crippen LogP contribution in [-0.2, 0) is 0 Å². The molecule has 3 aromatic rings. The Morgan fingerprint density at radius 2 is 1.78 bits per heavy atom. The van der Waals surface area contributed by atoms with Crippen LogP contribution in [0.1, 0.15) is 5.69 Å². The molecule has 5 heteroatoms. The summed E-state index contributed by atoms with van der Waals surface area (Å²) in [6, 6.07) is 16.0. The highest BCUT2D eigenvalue weighted by Gasteiger charge is 2.06. The molecule has 0 amide bonds. The Morgan fingerprint density at radius 3 is 2.35 bits per heavy atom. The zero-order chi connectivity index (χ0) is 16.4. The summed E-state index contributed by atoms with van der Waals surface area (Å²) in [5.74, 6) is 0.631. The molecule has 116 valence electrons. The van der Waals surface area contributed by atoms with Crippen molar-refractivity contribution in [2.75, 3.05) is 18.1 Å². The summed E-state index contributed by atoms with van der Waals surface area (Å²) in [4.78, 5) is 4.06. The number of aliphatic imine (C=N–C) groups is 1. The molecule has 3 rings (SSSR count). The first kappa shape index (κ1) is 14.8. The molecule has 0 aliphatic carbocycles. The topological polar surface area (TPSA) is 68.2 Å². The van der Waals surface area contributed by atoms with Crippen LogP contribution in [0.15, 0.2) is 53.5 Å². The Bertz CT molecular complexity index is 846. The molecule has 0 aliphatic rings. The first-order chi connectivity index (χ1) is 11.1. The molecule has 2 aromatic carbocycles. The van der Waals surface area contributed by atoms with Crippen molar-refractivity contribution in [1.29, 1.82) is 0 Å². The molecule has 0 saturated carbocycles. The lowest BCUT2D eigenvalue weighted by atomic mass is 10.0. The van der Waals surface area contributed by atoms with Gasteiger partial charge in [-0.15, -0.1) is 0 Å². The number of aryl methyl sites for hydroxylation is 1. The monoisotopic (exact) mass is 305 g/mol. The van der Waals surface area contributed by atoms with Crippen molar-refractivity contribution < 1.29 is 0 Å². The number of nitrogens with two attached hydrogens (primary N) is 1. The lowest BCUT2D eigenvalue weighted by Crippen LogP contribution is -2.01. The zero-order valence-corrected chi connectivity index (χ0v) is 13.2. The van der Waals surface area contributed by atoms with Gasteiger partial charge in [-0.3, -0.25) is 4.99 Å². The number of nitrogen functional groups attached to an aromatic ring is 1. The molecule has 3 N–H and O–H groups in total. The number of hydrogen-bond donors (Lipinski definition) is 2. The Labute approximate surface area is 135 Å². The normalized spacial score (nSPS) is 10.5. The third-order valence-corrected chi connectivity index (χ3v) is 3.74. The van der Waals surface area contributed by atoms with Gasteiger partial charge in [0.25, 0.3) is 0 Å². The minimum atomic E-state index is 0.631. The van der Waals surface area contributed by atoms with Crippen LogP contribution in [0.4, 0.5) is 17.2 Å². The van der Waals surface area contributed by atoms with E-state index in [0.29, 0.717) is 5.82 Å². The van der Waals surface area contributed by atoms with Gasteiger partial charge in [-0.2, -0.15) is 5.10 Å². The average molecular weight is 305 g/mol. The van der Waals surface area contributed by atoms with Gasteiger partial charge in [-0.1, -0.05) is 18.2 Å². The third kappa shape index (κ3) is 2.81. The Balaban J connectivity index is 1.96. The molecule has 1 aromatic heterocycles. The fourth-order valence-corrected chi connectivity index (χ4v) is 2.57. The number of nitrogens with one attached hydrogen (secondary N) is 1. The quantitative estimate of drug-likeness (QED) is 0.720. The third-order valence-electron chi connectivity index (χ3n) is 3.74. The molecule has 0 atom stereocenters. The van der Waals surface area contributed by atoms with E-state index in [1.807, 2.05) is 56.4 Å². The number of rotatable bonds is 4. The van der Waals surface area contributed by atoms with E-state index in [0.717, 1.165) is 33.9 Å². The van der Waals surface area contributed by atoms with Crippen molar-refractivity contribution in [1.82, 2.24) is 9.78 Å². The van der Waals surface area contributed by atoms with Crippen molar-refractivity contribution in [3.63, 3.8) is 0 Å². The molecule has 23 heavy (non-hydrogen) atoms. The Morgan fingerprint density at radius 1 is 1.09 bits per heavy atom. The number of aromatic nitrogens is 2. The van der Waals surface area contributed by atoms with Crippen LogP contribution in [0.25, 0.3) is 16.8 Å². The average Bonchev–Trinajstić information content (AvgIpc) is 2.92. The highest BCUT2D eigenvalue weighted by Crippen LogP contribution is 2.31. The molecule has 0 unspecified atom stereocenters. The van der Waals surface area contributed by atoms with Gasteiger partial charge >= 0.3 is 0 Å². The van der Waals surface area contributed by atoms with E-state index in [2.05, 4.69) is 28.2 Å². The summed E-state index contributed by atoms with van der Waals surface area (Å²) < 4.78 is 1.74. The summed E-state index contributed by atoms with van der Waals surface area (Å²) in [5.41, 5.74) is 11.8. The number of nitrogens with zero attached hydrogens (tertiary/aromatic N) is 3. The summed E-state index contributed by atoms with van der Waals surface area (Å²) in [7, 11) is 1.87. The van der Waals surface area contributed by atoms with Gasteiger partial charge in [0.05, 0.1) is 22.8 Å². The van der Waals surface area contributed by atoms with Crippen LogP contribution in [0, 0.1) is 6.92 Å². The molecule has 0 saturated heterocycles. The first-order valence-corrected chi connectivity index (χ1v) is 7.34. The van der Waals surface area contributed by atoms with Gasteiger partial charge in [0.2, 0.25) is 0 Å². The zero-order valence-electron chi connectivity index (χ0n) is 13.2. The maximum Gasteiger partial charge on any atom is 0.127 e.